The molecule has 2 aromatic carbocycles. The van der Waals surface area contributed by atoms with Gasteiger partial charge in [-0.25, -0.2) is 14.2 Å². The number of esters is 1. The second kappa shape index (κ2) is 10.2. The maximum Gasteiger partial charge on any atom is 0.540 e. The molecule has 6 nitrogen and oxygen atoms in total. The number of nitrogens with zero attached hydrogens (tertiary/aromatic N) is 1. The van der Waals surface area contributed by atoms with Crippen molar-refractivity contribution in [2.24, 2.45) is 0 Å². The number of benzene rings is 2. The molecule has 0 aliphatic rings. The van der Waals surface area contributed by atoms with Crippen molar-refractivity contribution in [2.45, 2.75) is 38.5 Å². The Hall–Kier alpha value is -3.43. The van der Waals surface area contributed by atoms with Crippen molar-refractivity contribution in [3.05, 3.63) is 71.7 Å². The van der Waals surface area contributed by atoms with Crippen LogP contribution < -0.4 is 4.74 Å². The number of carbonyl (C=O) groups excluding carboxylic acids is 1. The normalized spacial score (nSPS) is 14.0. The lowest BCUT2D eigenvalue weighted by atomic mass is 9.94. The molecule has 0 aliphatic carbocycles. The van der Waals surface area contributed by atoms with Crippen LogP contribution in [0.4, 0.5) is 4.39 Å². The van der Waals surface area contributed by atoms with Crippen molar-refractivity contribution >= 4 is 14.0 Å². The van der Waals surface area contributed by atoms with Crippen LogP contribution in [0.2, 0.25) is 0 Å². The number of hydrogen-bond donors (Lipinski definition) is 2. The smallest absolute Gasteiger partial charge is 0.419 e. The zero-order valence-electron chi connectivity index (χ0n) is 18.9. The van der Waals surface area contributed by atoms with Crippen LogP contribution in [0.15, 0.2) is 54.6 Å². The first kappa shape index (κ1) is 25.2. The van der Waals surface area contributed by atoms with Crippen LogP contribution in [0.3, 0.4) is 0 Å². The van der Waals surface area contributed by atoms with Crippen LogP contribution in [0.25, 0.3) is 22.4 Å². The van der Waals surface area contributed by atoms with Gasteiger partial charge in [-0.1, -0.05) is 49.4 Å². The van der Waals surface area contributed by atoms with Gasteiger partial charge in [0, 0.05) is 11.1 Å². The van der Waals surface area contributed by atoms with Gasteiger partial charge in [-0.3, -0.25) is 0 Å². The molecule has 1 heterocycles. The maximum absolute atomic E-state index is 13.7. The van der Waals surface area contributed by atoms with Gasteiger partial charge in [0.25, 0.3) is 0 Å². The van der Waals surface area contributed by atoms with Crippen molar-refractivity contribution in [3.8, 4) is 40.5 Å². The number of hydrogen-bond acceptors (Lipinski definition) is 5. The molecule has 3 atom stereocenters. The highest BCUT2D eigenvalue weighted by Crippen LogP contribution is 2.44. The number of aliphatic hydroxyl groups excluding tert-OH is 1. The summed E-state index contributed by atoms with van der Waals surface area (Å²) < 4.78 is 31.4. The van der Waals surface area contributed by atoms with Gasteiger partial charge in [0.05, 0.1) is 11.4 Å². The van der Waals surface area contributed by atoms with Gasteiger partial charge < -0.3 is 9.84 Å². The summed E-state index contributed by atoms with van der Waals surface area (Å²) in [6.07, 6.45) is 4.11. The molecule has 0 radical (unpaired) electrons. The number of halogens is 1. The summed E-state index contributed by atoms with van der Waals surface area (Å²) >= 11 is 0. The van der Waals surface area contributed by atoms with Crippen molar-refractivity contribution in [1.82, 2.24) is 4.98 Å². The van der Waals surface area contributed by atoms with E-state index in [0.717, 1.165) is 12.5 Å². The van der Waals surface area contributed by atoms with E-state index >= 15 is 0 Å². The van der Waals surface area contributed by atoms with Crippen LogP contribution >= 0.6 is 8.03 Å². The van der Waals surface area contributed by atoms with E-state index in [2.05, 4.69) is 0 Å². The standard InChI is InChI=1S/C26H23FNO5P/c1-5-21-24(33-25(30)26(6-2,17(4)29)34(31)32)22(18-12-14-20(27)15-13-18)16(3)23(28-21)19-10-8-7-9-11-19/h2,7-15,17,29H,5H2,1,3-4H3/p+1. The molecule has 3 aromatic rings. The Kier molecular flexibility index (Phi) is 7.58. The van der Waals surface area contributed by atoms with Gasteiger partial charge in [-0.15, -0.1) is 6.42 Å². The monoisotopic (exact) mass is 480 g/mol. The van der Waals surface area contributed by atoms with E-state index in [0.29, 0.717) is 34.5 Å². The predicted molar refractivity (Wildman–Crippen MR) is 128 cm³/mol. The summed E-state index contributed by atoms with van der Waals surface area (Å²) in [7, 11) is -3.34. The SMILES string of the molecule is C#CC(C(=O)Oc1c(CC)nc(-c2ccccc2)c(C)c1-c1ccc(F)cc1)(C(C)O)[P+](=O)O. The Labute approximate surface area is 198 Å². The summed E-state index contributed by atoms with van der Waals surface area (Å²) in [5, 5.41) is 7.66. The van der Waals surface area contributed by atoms with E-state index in [-0.39, 0.29) is 5.75 Å². The Bertz CT molecular complexity index is 1270. The molecule has 0 aliphatic heterocycles. The molecule has 0 saturated carbocycles. The molecule has 0 fully saturated rings. The first-order chi connectivity index (χ1) is 16.2. The fourth-order valence-corrected chi connectivity index (χ4v) is 4.34. The van der Waals surface area contributed by atoms with E-state index < -0.39 is 31.1 Å². The van der Waals surface area contributed by atoms with Gasteiger partial charge in [-0.05, 0) is 54.0 Å². The Morgan fingerprint density at radius 1 is 1.21 bits per heavy atom. The van der Waals surface area contributed by atoms with Gasteiger partial charge >= 0.3 is 19.2 Å². The predicted octanol–water partition coefficient (Wildman–Crippen LogP) is 4.82. The highest BCUT2D eigenvalue weighted by Gasteiger charge is 2.62. The van der Waals surface area contributed by atoms with Gasteiger partial charge in [0.1, 0.15) is 11.9 Å². The van der Waals surface area contributed by atoms with E-state index in [1.165, 1.54) is 12.1 Å². The first-order valence-corrected chi connectivity index (χ1v) is 11.8. The maximum atomic E-state index is 13.7. The minimum atomic E-state index is -3.34. The van der Waals surface area contributed by atoms with Crippen LogP contribution in [-0.2, 0) is 15.8 Å². The molecular formula is C26H24FNO5P+. The molecule has 3 unspecified atom stereocenters. The highest BCUT2D eigenvalue weighted by molar-refractivity contribution is 7.42. The second-order valence-corrected chi connectivity index (χ2v) is 8.96. The number of rotatable bonds is 7. The lowest BCUT2D eigenvalue weighted by Crippen LogP contribution is -2.46. The number of aliphatic hydroxyl groups is 1. The molecule has 0 bridgehead atoms. The van der Waals surface area contributed by atoms with Crippen LogP contribution in [0, 0.1) is 25.1 Å². The number of carbonyl (C=O) groups is 1. The zero-order valence-corrected chi connectivity index (χ0v) is 19.8. The molecule has 174 valence electrons. The lowest BCUT2D eigenvalue weighted by Gasteiger charge is -2.22. The number of aryl methyl sites for hydroxylation is 1. The molecule has 8 heteroatoms. The Balaban J connectivity index is 2.31. The molecule has 1 aromatic heterocycles. The fraction of sp³-hybridized carbons (Fsp3) is 0.231. The number of terminal acetylenes is 1. The third kappa shape index (κ3) is 4.49. The Morgan fingerprint density at radius 2 is 1.82 bits per heavy atom. The van der Waals surface area contributed by atoms with Crippen LogP contribution in [-0.4, -0.2) is 32.2 Å². The fourth-order valence-electron chi connectivity index (χ4n) is 3.71. The number of pyridine rings is 1. The van der Waals surface area contributed by atoms with E-state index in [9.17, 15) is 23.7 Å². The average molecular weight is 480 g/mol. The second-order valence-electron chi connectivity index (χ2n) is 7.71. The number of aromatic nitrogens is 1. The Morgan fingerprint density at radius 3 is 2.32 bits per heavy atom. The summed E-state index contributed by atoms with van der Waals surface area (Å²) in [4.78, 5) is 27.7. The van der Waals surface area contributed by atoms with Crippen molar-refractivity contribution in [2.75, 3.05) is 0 Å². The van der Waals surface area contributed by atoms with Crippen molar-refractivity contribution < 1.29 is 28.5 Å². The molecule has 0 spiro atoms. The van der Waals surface area contributed by atoms with E-state index in [4.69, 9.17) is 16.1 Å². The molecule has 2 N–H and O–H groups in total. The summed E-state index contributed by atoms with van der Waals surface area (Å²) in [6, 6.07) is 15.0. The largest absolute Gasteiger partial charge is 0.540 e. The van der Waals surface area contributed by atoms with Gasteiger partial charge in [0.15, 0.2) is 5.75 Å². The third-order valence-corrected chi connectivity index (χ3v) is 6.90. The third-order valence-electron chi connectivity index (χ3n) is 5.61. The minimum Gasteiger partial charge on any atom is -0.419 e. The minimum absolute atomic E-state index is 0.0356. The molecule has 3 rings (SSSR count). The molecule has 0 saturated heterocycles. The lowest BCUT2D eigenvalue weighted by molar-refractivity contribution is -0.138. The van der Waals surface area contributed by atoms with Crippen LogP contribution in [0.1, 0.15) is 25.1 Å². The molecule has 34 heavy (non-hydrogen) atoms. The van der Waals surface area contributed by atoms with Gasteiger partial charge in [0.2, 0.25) is 0 Å². The van der Waals surface area contributed by atoms with Crippen LogP contribution in [0.5, 0.6) is 5.75 Å². The summed E-state index contributed by atoms with van der Waals surface area (Å²) in [5.74, 6) is 0.309. The molecular weight excluding hydrogens is 456 g/mol. The van der Waals surface area contributed by atoms with E-state index in [1.54, 1.807) is 19.1 Å². The highest BCUT2D eigenvalue weighted by atomic mass is 31.1. The van der Waals surface area contributed by atoms with Gasteiger partial charge in [-0.2, -0.15) is 4.89 Å². The average Bonchev–Trinajstić information content (AvgIpc) is 2.81. The summed E-state index contributed by atoms with van der Waals surface area (Å²) in [5.41, 5.74) is 3.52. The quantitative estimate of drug-likeness (QED) is 0.286. The zero-order chi connectivity index (χ0) is 25.0. The van der Waals surface area contributed by atoms with Crippen molar-refractivity contribution in [3.63, 3.8) is 0 Å². The van der Waals surface area contributed by atoms with Crippen molar-refractivity contribution in [1.29, 1.82) is 0 Å². The molecule has 0 amide bonds. The van der Waals surface area contributed by atoms with E-state index in [1.807, 2.05) is 43.2 Å². The topological polar surface area (TPSA) is 96.7 Å². The number of ether oxygens (including phenoxy) is 1. The summed E-state index contributed by atoms with van der Waals surface area (Å²) in [6.45, 7) is 4.75. The first-order valence-electron chi connectivity index (χ1n) is 10.6.